The van der Waals surface area contributed by atoms with Gasteiger partial charge in [0, 0.05) is 11.3 Å². The Morgan fingerprint density at radius 2 is 1.88 bits per heavy atom. The monoisotopic (exact) mass is 326 g/mol. The van der Waals surface area contributed by atoms with E-state index in [1.165, 1.54) is 0 Å². The van der Waals surface area contributed by atoms with Crippen molar-refractivity contribution >= 4 is 17.6 Å². The van der Waals surface area contributed by atoms with Gasteiger partial charge in [0.1, 0.15) is 0 Å². The van der Waals surface area contributed by atoms with E-state index in [1.807, 2.05) is 25.2 Å². The molecule has 2 rings (SSSR count). The van der Waals surface area contributed by atoms with Gasteiger partial charge in [-0.2, -0.15) is 0 Å². The first kappa shape index (κ1) is 17.7. The SMILES string of the molecule is CCOC(=O)c1cccc(NC(=O)c2ccccc2CCNC)c1. The molecule has 0 unspecified atom stereocenters. The highest BCUT2D eigenvalue weighted by atomic mass is 16.5. The average molecular weight is 326 g/mol. The highest BCUT2D eigenvalue weighted by Gasteiger charge is 2.12. The predicted molar refractivity (Wildman–Crippen MR) is 94.4 cm³/mol. The lowest BCUT2D eigenvalue weighted by Crippen LogP contribution is -2.17. The fourth-order valence-corrected chi connectivity index (χ4v) is 2.36. The summed E-state index contributed by atoms with van der Waals surface area (Å²) in [6.07, 6.45) is 0.767. The van der Waals surface area contributed by atoms with Crippen LogP contribution in [0.5, 0.6) is 0 Å². The molecule has 0 aromatic heterocycles. The lowest BCUT2D eigenvalue weighted by atomic mass is 10.0. The van der Waals surface area contributed by atoms with Gasteiger partial charge in [-0.3, -0.25) is 4.79 Å². The second kappa shape index (κ2) is 8.84. The second-order valence-electron chi connectivity index (χ2n) is 5.27. The Hall–Kier alpha value is -2.66. The van der Waals surface area contributed by atoms with Gasteiger partial charge in [0.05, 0.1) is 12.2 Å². The number of hydrogen-bond donors (Lipinski definition) is 2. The first-order valence-electron chi connectivity index (χ1n) is 7.96. The molecular weight excluding hydrogens is 304 g/mol. The van der Waals surface area contributed by atoms with Crippen LogP contribution in [0, 0.1) is 0 Å². The summed E-state index contributed by atoms with van der Waals surface area (Å²) in [6, 6.07) is 14.2. The van der Waals surface area contributed by atoms with E-state index in [0.717, 1.165) is 18.5 Å². The normalized spacial score (nSPS) is 10.2. The van der Waals surface area contributed by atoms with E-state index in [1.54, 1.807) is 37.3 Å². The summed E-state index contributed by atoms with van der Waals surface area (Å²) in [5, 5.41) is 5.93. The summed E-state index contributed by atoms with van der Waals surface area (Å²) in [4.78, 5) is 24.3. The number of ether oxygens (including phenoxy) is 1. The van der Waals surface area contributed by atoms with Crippen LogP contribution in [0.25, 0.3) is 0 Å². The fourth-order valence-electron chi connectivity index (χ4n) is 2.36. The molecule has 0 atom stereocenters. The standard InChI is InChI=1S/C19H22N2O3/c1-3-24-19(23)15-8-6-9-16(13-15)21-18(22)17-10-5-4-7-14(17)11-12-20-2/h4-10,13,20H,3,11-12H2,1-2H3,(H,21,22). The van der Waals surface area contributed by atoms with Gasteiger partial charge in [-0.05, 0) is 56.8 Å². The third-order valence-corrected chi connectivity index (χ3v) is 3.54. The Morgan fingerprint density at radius 1 is 1.08 bits per heavy atom. The maximum atomic E-state index is 12.6. The molecule has 2 aromatic rings. The number of carbonyl (C=O) groups excluding carboxylic acids is 2. The molecule has 0 saturated carbocycles. The fraction of sp³-hybridized carbons (Fsp3) is 0.263. The molecule has 0 saturated heterocycles. The Bertz CT molecular complexity index is 713. The number of likely N-dealkylation sites (N-methyl/N-ethyl adjacent to an activating group) is 1. The van der Waals surface area contributed by atoms with Crippen LogP contribution in [0.15, 0.2) is 48.5 Å². The Kier molecular flexibility index (Phi) is 6.51. The van der Waals surface area contributed by atoms with Crippen LogP contribution in [0.1, 0.15) is 33.2 Å². The Balaban J connectivity index is 2.15. The van der Waals surface area contributed by atoms with Crippen LogP contribution in [-0.4, -0.2) is 32.1 Å². The van der Waals surface area contributed by atoms with Gasteiger partial charge in [0.15, 0.2) is 0 Å². The van der Waals surface area contributed by atoms with E-state index in [2.05, 4.69) is 10.6 Å². The maximum absolute atomic E-state index is 12.6. The molecular formula is C19H22N2O3. The van der Waals surface area contributed by atoms with Gasteiger partial charge in [0.2, 0.25) is 0 Å². The van der Waals surface area contributed by atoms with E-state index < -0.39 is 5.97 Å². The molecule has 0 fully saturated rings. The molecule has 0 aliphatic heterocycles. The van der Waals surface area contributed by atoms with Crippen molar-refractivity contribution in [3.05, 3.63) is 65.2 Å². The van der Waals surface area contributed by atoms with Crippen molar-refractivity contribution in [1.82, 2.24) is 5.32 Å². The molecule has 0 heterocycles. The Labute approximate surface area is 142 Å². The molecule has 0 aliphatic rings. The first-order chi connectivity index (χ1) is 11.7. The number of esters is 1. The summed E-state index contributed by atoms with van der Waals surface area (Å²) in [5.74, 6) is -0.592. The van der Waals surface area contributed by atoms with E-state index in [9.17, 15) is 9.59 Å². The van der Waals surface area contributed by atoms with Gasteiger partial charge in [-0.1, -0.05) is 24.3 Å². The number of nitrogens with one attached hydrogen (secondary N) is 2. The van der Waals surface area contributed by atoms with Gasteiger partial charge in [-0.15, -0.1) is 0 Å². The van der Waals surface area contributed by atoms with Crippen molar-refractivity contribution in [2.45, 2.75) is 13.3 Å². The summed E-state index contributed by atoms with van der Waals surface area (Å²) in [5.41, 5.74) is 2.59. The van der Waals surface area contributed by atoms with Gasteiger partial charge in [0.25, 0.3) is 5.91 Å². The minimum atomic E-state index is -0.400. The number of hydrogen-bond acceptors (Lipinski definition) is 4. The molecule has 24 heavy (non-hydrogen) atoms. The highest BCUT2D eigenvalue weighted by Crippen LogP contribution is 2.15. The molecule has 0 radical (unpaired) electrons. The number of carbonyl (C=O) groups is 2. The number of anilines is 1. The van der Waals surface area contributed by atoms with Crippen molar-refractivity contribution in [2.75, 3.05) is 25.5 Å². The average Bonchev–Trinajstić information content (AvgIpc) is 2.60. The van der Waals surface area contributed by atoms with Gasteiger partial charge >= 0.3 is 5.97 Å². The van der Waals surface area contributed by atoms with Crippen LogP contribution in [0.4, 0.5) is 5.69 Å². The zero-order chi connectivity index (χ0) is 17.4. The van der Waals surface area contributed by atoms with Crippen LogP contribution in [0.3, 0.4) is 0 Å². The summed E-state index contributed by atoms with van der Waals surface area (Å²) in [7, 11) is 1.88. The molecule has 0 bridgehead atoms. The van der Waals surface area contributed by atoms with Crippen molar-refractivity contribution in [3.8, 4) is 0 Å². The topological polar surface area (TPSA) is 67.4 Å². The molecule has 126 valence electrons. The second-order valence-corrected chi connectivity index (χ2v) is 5.27. The molecule has 5 nitrogen and oxygen atoms in total. The molecule has 5 heteroatoms. The van der Waals surface area contributed by atoms with Crippen LogP contribution < -0.4 is 10.6 Å². The summed E-state index contributed by atoms with van der Waals surface area (Å²) < 4.78 is 4.98. The van der Waals surface area contributed by atoms with Crippen molar-refractivity contribution in [3.63, 3.8) is 0 Å². The van der Waals surface area contributed by atoms with Gasteiger partial charge in [-0.25, -0.2) is 4.79 Å². The van der Waals surface area contributed by atoms with E-state index in [4.69, 9.17) is 4.74 Å². The first-order valence-corrected chi connectivity index (χ1v) is 7.96. The smallest absolute Gasteiger partial charge is 0.338 e. The number of benzene rings is 2. The van der Waals surface area contributed by atoms with Crippen LogP contribution in [-0.2, 0) is 11.2 Å². The molecule has 1 amide bonds. The lowest BCUT2D eigenvalue weighted by Gasteiger charge is -2.11. The van der Waals surface area contributed by atoms with Crippen molar-refractivity contribution < 1.29 is 14.3 Å². The van der Waals surface area contributed by atoms with E-state index in [0.29, 0.717) is 23.4 Å². The summed E-state index contributed by atoms with van der Waals surface area (Å²) in [6.45, 7) is 2.86. The largest absolute Gasteiger partial charge is 0.462 e. The van der Waals surface area contributed by atoms with Crippen LogP contribution in [0.2, 0.25) is 0 Å². The zero-order valence-corrected chi connectivity index (χ0v) is 14.0. The van der Waals surface area contributed by atoms with Crippen molar-refractivity contribution in [1.29, 1.82) is 0 Å². The maximum Gasteiger partial charge on any atom is 0.338 e. The quantitative estimate of drug-likeness (QED) is 0.768. The van der Waals surface area contributed by atoms with E-state index >= 15 is 0 Å². The molecule has 0 spiro atoms. The molecule has 2 N–H and O–H groups in total. The zero-order valence-electron chi connectivity index (χ0n) is 14.0. The Morgan fingerprint density at radius 3 is 2.62 bits per heavy atom. The lowest BCUT2D eigenvalue weighted by molar-refractivity contribution is 0.0526. The minimum Gasteiger partial charge on any atom is -0.462 e. The highest BCUT2D eigenvalue weighted by molar-refractivity contribution is 6.05. The molecule has 0 aliphatic carbocycles. The predicted octanol–water partition coefficient (Wildman–Crippen LogP) is 2.88. The van der Waals surface area contributed by atoms with Gasteiger partial charge < -0.3 is 15.4 Å². The third kappa shape index (κ3) is 4.67. The third-order valence-electron chi connectivity index (χ3n) is 3.54. The molecule has 2 aromatic carbocycles. The van der Waals surface area contributed by atoms with Crippen LogP contribution >= 0.6 is 0 Å². The summed E-state index contributed by atoms with van der Waals surface area (Å²) >= 11 is 0. The number of amides is 1. The minimum absolute atomic E-state index is 0.192. The van der Waals surface area contributed by atoms with Crippen molar-refractivity contribution in [2.24, 2.45) is 0 Å². The number of rotatable bonds is 7. The van der Waals surface area contributed by atoms with E-state index in [-0.39, 0.29) is 5.91 Å².